The molecule has 0 fully saturated rings. The fourth-order valence-electron chi connectivity index (χ4n) is 3.11. The maximum atomic E-state index is 12.7. The Bertz CT molecular complexity index is 1430. The summed E-state index contributed by atoms with van der Waals surface area (Å²) in [6, 6.07) is 6.59. The Morgan fingerprint density at radius 2 is 1.66 bits per heavy atom. The lowest BCUT2D eigenvalue weighted by Gasteiger charge is -2.10. The molecule has 3 aromatic heterocycles. The first-order valence-corrected chi connectivity index (χ1v) is 8.88. The molecule has 4 aromatic rings. The Hall–Kier alpha value is -3.88. The molecule has 0 aliphatic carbocycles. The van der Waals surface area contributed by atoms with Gasteiger partial charge in [-0.1, -0.05) is 0 Å². The summed E-state index contributed by atoms with van der Waals surface area (Å²) in [5.74, 6) is -0.366. The zero-order chi connectivity index (χ0) is 20.9. The van der Waals surface area contributed by atoms with Gasteiger partial charge in [-0.05, 0) is 38.1 Å². The number of nitrogens with one attached hydrogen (secondary N) is 1. The van der Waals surface area contributed by atoms with E-state index in [1.807, 2.05) is 13.8 Å². The van der Waals surface area contributed by atoms with Gasteiger partial charge in [0.15, 0.2) is 0 Å². The molecule has 9 nitrogen and oxygen atoms in total. The molecule has 1 aromatic carbocycles. The molecule has 0 unspecified atom stereocenters. The molecule has 29 heavy (non-hydrogen) atoms. The summed E-state index contributed by atoms with van der Waals surface area (Å²) in [5, 5.41) is 2.98. The zero-order valence-corrected chi connectivity index (χ0v) is 16.3. The number of fused-ring (bicyclic) bond motifs is 2. The average molecular weight is 390 g/mol. The van der Waals surface area contributed by atoms with Gasteiger partial charge in [0, 0.05) is 19.7 Å². The maximum absolute atomic E-state index is 12.7. The number of benzene rings is 1. The second-order valence-corrected chi connectivity index (χ2v) is 6.85. The number of nitrogens with zero attached hydrogens (tertiary/aromatic N) is 5. The third-order valence-corrected chi connectivity index (χ3v) is 4.89. The van der Waals surface area contributed by atoms with E-state index in [0.717, 1.165) is 16.0 Å². The minimum absolute atomic E-state index is 0.239. The minimum atomic E-state index is -0.474. The maximum Gasteiger partial charge on any atom is 0.332 e. The number of aromatic nitrogens is 5. The summed E-state index contributed by atoms with van der Waals surface area (Å²) in [5.41, 5.74) is 3.05. The van der Waals surface area contributed by atoms with E-state index < -0.39 is 11.2 Å². The fraction of sp³-hybridized carbons (Fsp3) is 0.200. The number of anilines is 1. The van der Waals surface area contributed by atoms with Crippen molar-refractivity contribution in [3.05, 3.63) is 68.3 Å². The van der Waals surface area contributed by atoms with Gasteiger partial charge in [0.2, 0.25) is 0 Å². The molecule has 9 heteroatoms. The summed E-state index contributed by atoms with van der Waals surface area (Å²) < 4.78 is 2.29. The fourth-order valence-corrected chi connectivity index (χ4v) is 3.11. The van der Waals surface area contributed by atoms with Crippen LogP contribution in [0.2, 0.25) is 0 Å². The van der Waals surface area contributed by atoms with Crippen molar-refractivity contribution in [1.29, 1.82) is 0 Å². The highest BCUT2D eigenvalue weighted by Crippen LogP contribution is 2.17. The molecule has 1 N–H and O–H groups in total. The van der Waals surface area contributed by atoms with Crippen molar-refractivity contribution in [2.75, 3.05) is 5.32 Å². The third-order valence-electron chi connectivity index (χ3n) is 4.89. The number of rotatable bonds is 2. The van der Waals surface area contributed by atoms with Gasteiger partial charge in [-0.15, -0.1) is 0 Å². The molecule has 0 radical (unpaired) electrons. The Morgan fingerprint density at radius 1 is 0.966 bits per heavy atom. The molecular formula is C20H18N6O3. The number of pyridine rings is 1. The summed E-state index contributed by atoms with van der Waals surface area (Å²) in [7, 11) is 2.93. The predicted octanol–water partition coefficient (Wildman–Crippen LogP) is 1.44. The molecule has 0 bridgehead atoms. The van der Waals surface area contributed by atoms with Crippen LogP contribution in [0.1, 0.15) is 21.7 Å². The van der Waals surface area contributed by atoms with E-state index in [0.29, 0.717) is 22.3 Å². The van der Waals surface area contributed by atoms with Crippen molar-refractivity contribution in [2.45, 2.75) is 13.8 Å². The first-order chi connectivity index (χ1) is 13.8. The van der Waals surface area contributed by atoms with E-state index in [-0.39, 0.29) is 16.9 Å². The molecule has 0 spiro atoms. The summed E-state index contributed by atoms with van der Waals surface area (Å²) in [4.78, 5) is 50.2. The monoisotopic (exact) mass is 390 g/mol. The lowest BCUT2D eigenvalue weighted by atomic mass is 10.1. The topological polar surface area (TPSA) is 112 Å². The van der Waals surface area contributed by atoms with Crippen molar-refractivity contribution in [2.24, 2.45) is 14.1 Å². The van der Waals surface area contributed by atoms with Gasteiger partial charge in [-0.2, -0.15) is 0 Å². The number of aryl methyl sites for hydroxylation is 3. The normalized spacial score (nSPS) is 11.2. The van der Waals surface area contributed by atoms with Gasteiger partial charge >= 0.3 is 5.69 Å². The smallest absolute Gasteiger partial charge is 0.321 e. The molecule has 0 aliphatic rings. The van der Waals surface area contributed by atoms with Crippen LogP contribution in [0, 0.1) is 13.8 Å². The van der Waals surface area contributed by atoms with Crippen molar-refractivity contribution >= 4 is 33.7 Å². The number of amides is 1. The molecular weight excluding hydrogens is 372 g/mol. The third kappa shape index (κ3) is 3.06. The lowest BCUT2D eigenvalue weighted by Crippen LogP contribution is -2.37. The Morgan fingerprint density at radius 3 is 2.38 bits per heavy atom. The molecule has 0 atom stereocenters. The SMILES string of the molecule is Cc1nc2ccc(C(=O)Nc3cnc4c(c3)c(=O)n(C)c(=O)n4C)cc2nc1C. The van der Waals surface area contributed by atoms with Gasteiger partial charge in [0.25, 0.3) is 11.5 Å². The van der Waals surface area contributed by atoms with Crippen LogP contribution in [0.4, 0.5) is 5.69 Å². The summed E-state index contributed by atoms with van der Waals surface area (Å²) >= 11 is 0. The highest BCUT2D eigenvalue weighted by molar-refractivity contribution is 6.06. The molecule has 0 aliphatic heterocycles. The van der Waals surface area contributed by atoms with E-state index in [4.69, 9.17) is 0 Å². The van der Waals surface area contributed by atoms with Crippen LogP contribution in [-0.4, -0.2) is 30.0 Å². The Kier molecular flexibility index (Phi) is 4.22. The quantitative estimate of drug-likeness (QED) is 0.554. The molecule has 1 amide bonds. The van der Waals surface area contributed by atoms with E-state index >= 15 is 0 Å². The first kappa shape index (κ1) is 18.5. The van der Waals surface area contributed by atoms with Gasteiger partial charge in [0.1, 0.15) is 5.65 Å². The van der Waals surface area contributed by atoms with Gasteiger partial charge in [0.05, 0.1) is 39.7 Å². The highest BCUT2D eigenvalue weighted by atomic mass is 16.2. The van der Waals surface area contributed by atoms with Crippen LogP contribution in [0.15, 0.2) is 40.1 Å². The minimum Gasteiger partial charge on any atom is -0.321 e. The van der Waals surface area contributed by atoms with Gasteiger partial charge in [-0.25, -0.2) is 19.7 Å². The number of hydrogen-bond donors (Lipinski definition) is 1. The van der Waals surface area contributed by atoms with Crippen molar-refractivity contribution in [3.63, 3.8) is 0 Å². The van der Waals surface area contributed by atoms with Crippen LogP contribution in [0.5, 0.6) is 0 Å². The molecule has 3 heterocycles. The first-order valence-electron chi connectivity index (χ1n) is 8.88. The average Bonchev–Trinajstić information content (AvgIpc) is 2.71. The van der Waals surface area contributed by atoms with Crippen molar-refractivity contribution < 1.29 is 4.79 Å². The molecule has 0 saturated carbocycles. The molecule has 146 valence electrons. The summed E-state index contributed by atoms with van der Waals surface area (Å²) in [6.45, 7) is 3.75. The van der Waals surface area contributed by atoms with Crippen LogP contribution in [0.25, 0.3) is 22.1 Å². The largest absolute Gasteiger partial charge is 0.332 e. The molecule has 4 rings (SSSR count). The predicted molar refractivity (Wildman–Crippen MR) is 109 cm³/mol. The Labute approximate surface area is 164 Å². The van der Waals surface area contributed by atoms with Crippen LogP contribution >= 0.6 is 0 Å². The highest BCUT2D eigenvalue weighted by Gasteiger charge is 2.13. The standard InChI is InChI=1S/C20H18N6O3/c1-10-11(2)23-16-7-12(5-6-15(16)22-10)18(27)24-13-8-14-17(21-9-13)25(3)20(29)26(4)19(14)28/h5-9H,1-4H3,(H,24,27). The van der Waals surface area contributed by atoms with E-state index in [9.17, 15) is 14.4 Å². The Balaban J connectivity index is 1.72. The molecule has 0 saturated heterocycles. The number of carbonyl (C=O) groups is 1. The van der Waals surface area contributed by atoms with Crippen molar-refractivity contribution in [3.8, 4) is 0 Å². The number of hydrogen-bond acceptors (Lipinski definition) is 6. The van der Waals surface area contributed by atoms with E-state index in [1.165, 1.54) is 30.9 Å². The number of carbonyl (C=O) groups excluding carboxylic acids is 1. The van der Waals surface area contributed by atoms with Gasteiger partial charge in [-0.3, -0.25) is 18.7 Å². The lowest BCUT2D eigenvalue weighted by molar-refractivity contribution is 0.102. The van der Waals surface area contributed by atoms with E-state index in [2.05, 4.69) is 20.3 Å². The zero-order valence-electron chi connectivity index (χ0n) is 16.3. The van der Waals surface area contributed by atoms with Crippen molar-refractivity contribution in [1.82, 2.24) is 24.1 Å². The second-order valence-electron chi connectivity index (χ2n) is 6.85. The van der Waals surface area contributed by atoms with Crippen LogP contribution in [-0.2, 0) is 14.1 Å². The van der Waals surface area contributed by atoms with Gasteiger partial charge < -0.3 is 5.32 Å². The summed E-state index contributed by atoms with van der Waals surface area (Å²) in [6.07, 6.45) is 1.41. The van der Waals surface area contributed by atoms with Crippen LogP contribution < -0.4 is 16.6 Å². The van der Waals surface area contributed by atoms with Crippen LogP contribution in [0.3, 0.4) is 0 Å². The van der Waals surface area contributed by atoms with E-state index in [1.54, 1.807) is 18.2 Å². The second kappa shape index (κ2) is 6.62.